The lowest BCUT2D eigenvalue weighted by molar-refractivity contribution is -0.139. The third kappa shape index (κ3) is 4.31. The summed E-state index contributed by atoms with van der Waals surface area (Å²) in [5.41, 5.74) is 2.50. The first kappa shape index (κ1) is 16.0. The van der Waals surface area contributed by atoms with E-state index in [0.29, 0.717) is 38.0 Å². The van der Waals surface area contributed by atoms with Crippen molar-refractivity contribution in [2.24, 2.45) is 5.92 Å². The summed E-state index contributed by atoms with van der Waals surface area (Å²) in [6.45, 7) is 10.6. The molecule has 1 aliphatic heterocycles. The van der Waals surface area contributed by atoms with Crippen molar-refractivity contribution in [1.82, 2.24) is 4.90 Å². The molecule has 3 nitrogen and oxygen atoms in total. The maximum absolute atomic E-state index is 12.2. The van der Waals surface area contributed by atoms with Crippen molar-refractivity contribution >= 4 is 5.91 Å². The van der Waals surface area contributed by atoms with E-state index in [1.165, 1.54) is 11.1 Å². The monoisotopic (exact) mass is 289 g/mol. The van der Waals surface area contributed by atoms with Crippen LogP contribution in [0.1, 0.15) is 57.3 Å². The van der Waals surface area contributed by atoms with Crippen LogP contribution in [0.3, 0.4) is 0 Å². The molecule has 1 heterocycles. The average Bonchev–Trinajstić information content (AvgIpc) is 2.47. The molecule has 1 amide bonds. The largest absolute Gasteiger partial charge is 0.370 e. The van der Waals surface area contributed by atoms with Gasteiger partial charge in [0.15, 0.2) is 0 Å². The SMILES string of the molecule is CC(C)CC(=O)N1CCOC(c2ccc(C(C)C)cc2)C1. The van der Waals surface area contributed by atoms with Crippen molar-refractivity contribution in [3.05, 3.63) is 35.4 Å². The van der Waals surface area contributed by atoms with Crippen molar-refractivity contribution in [3.8, 4) is 0 Å². The number of ether oxygens (including phenoxy) is 1. The Morgan fingerprint density at radius 3 is 2.48 bits per heavy atom. The summed E-state index contributed by atoms with van der Waals surface area (Å²) < 4.78 is 5.86. The van der Waals surface area contributed by atoms with E-state index >= 15 is 0 Å². The van der Waals surface area contributed by atoms with Crippen LogP contribution in [-0.2, 0) is 9.53 Å². The number of hydrogen-bond donors (Lipinski definition) is 0. The summed E-state index contributed by atoms with van der Waals surface area (Å²) in [6, 6.07) is 8.60. The summed E-state index contributed by atoms with van der Waals surface area (Å²) in [7, 11) is 0. The number of carbonyl (C=O) groups excluding carboxylic acids is 1. The van der Waals surface area contributed by atoms with Gasteiger partial charge >= 0.3 is 0 Å². The first-order chi connectivity index (χ1) is 9.97. The zero-order chi connectivity index (χ0) is 15.4. The molecular formula is C18H27NO2. The Balaban J connectivity index is 2.01. The first-order valence-corrected chi connectivity index (χ1v) is 7.96. The lowest BCUT2D eigenvalue weighted by Crippen LogP contribution is -2.42. The summed E-state index contributed by atoms with van der Waals surface area (Å²) in [4.78, 5) is 14.1. The highest BCUT2D eigenvalue weighted by molar-refractivity contribution is 5.76. The van der Waals surface area contributed by atoms with Crippen molar-refractivity contribution < 1.29 is 9.53 Å². The molecule has 0 saturated carbocycles. The predicted molar refractivity (Wildman–Crippen MR) is 85.3 cm³/mol. The standard InChI is InChI=1S/C18H27NO2/c1-13(2)11-18(20)19-9-10-21-17(12-19)16-7-5-15(6-8-16)14(3)4/h5-8,13-14,17H,9-12H2,1-4H3. The number of rotatable bonds is 4. The molecular weight excluding hydrogens is 262 g/mol. The van der Waals surface area contributed by atoms with Gasteiger partial charge in [-0.3, -0.25) is 4.79 Å². The minimum Gasteiger partial charge on any atom is -0.370 e. The zero-order valence-corrected chi connectivity index (χ0v) is 13.6. The molecule has 1 aliphatic rings. The number of morpholine rings is 1. The fourth-order valence-electron chi connectivity index (χ4n) is 2.65. The van der Waals surface area contributed by atoms with Gasteiger partial charge in [-0.25, -0.2) is 0 Å². The topological polar surface area (TPSA) is 29.5 Å². The van der Waals surface area contributed by atoms with E-state index < -0.39 is 0 Å². The number of benzene rings is 1. The second kappa shape index (κ2) is 7.08. The maximum atomic E-state index is 12.2. The Bertz CT molecular complexity index is 465. The van der Waals surface area contributed by atoms with E-state index in [2.05, 4.69) is 52.0 Å². The number of hydrogen-bond acceptors (Lipinski definition) is 2. The van der Waals surface area contributed by atoms with E-state index in [1.807, 2.05) is 4.90 Å². The summed E-state index contributed by atoms with van der Waals surface area (Å²) in [5.74, 6) is 1.19. The van der Waals surface area contributed by atoms with Gasteiger partial charge in [0.05, 0.1) is 13.2 Å². The van der Waals surface area contributed by atoms with E-state index in [1.54, 1.807) is 0 Å². The quantitative estimate of drug-likeness (QED) is 0.844. The summed E-state index contributed by atoms with van der Waals surface area (Å²) in [6.07, 6.45) is 0.634. The van der Waals surface area contributed by atoms with Crippen LogP contribution in [0, 0.1) is 5.92 Å². The minimum absolute atomic E-state index is 0.0103. The summed E-state index contributed by atoms with van der Waals surface area (Å²) in [5, 5.41) is 0. The molecule has 0 aliphatic carbocycles. The molecule has 0 radical (unpaired) electrons. The number of nitrogens with zero attached hydrogens (tertiary/aromatic N) is 1. The third-order valence-electron chi connectivity index (χ3n) is 3.98. The van der Waals surface area contributed by atoms with Gasteiger partial charge in [-0.15, -0.1) is 0 Å². The van der Waals surface area contributed by atoms with E-state index in [9.17, 15) is 4.79 Å². The smallest absolute Gasteiger partial charge is 0.223 e. The summed E-state index contributed by atoms with van der Waals surface area (Å²) >= 11 is 0. The fourth-order valence-corrected chi connectivity index (χ4v) is 2.65. The molecule has 1 fully saturated rings. The molecule has 1 aromatic carbocycles. The predicted octanol–water partition coefficient (Wildman–Crippen LogP) is 3.76. The van der Waals surface area contributed by atoms with E-state index in [4.69, 9.17) is 4.74 Å². The van der Waals surface area contributed by atoms with Crippen molar-refractivity contribution in [1.29, 1.82) is 0 Å². The molecule has 1 atom stereocenters. The molecule has 21 heavy (non-hydrogen) atoms. The zero-order valence-electron chi connectivity index (χ0n) is 13.6. The molecule has 1 unspecified atom stereocenters. The highest BCUT2D eigenvalue weighted by Gasteiger charge is 2.25. The van der Waals surface area contributed by atoms with Crippen molar-refractivity contribution in [2.75, 3.05) is 19.7 Å². The van der Waals surface area contributed by atoms with Gasteiger partial charge < -0.3 is 9.64 Å². The number of amides is 1. The average molecular weight is 289 g/mol. The highest BCUT2D eigenvalue weighted by atomic mass is 16.5. The van der Waals surface area contributed by atoms with Gasteiger partial charge in [0.25, 0.3) is 0 Å². The van der Waals surface area contributed by atoms with Gasteiger partial charge in [-0.2, -0.15) is 0 Å². The molecule has 2 rings (SSSR count). The Morgan fingerprint density at radius 1 is 1.24 bits per heavy atom. The minimum atomic E-state index is 0.0103. The van der Waals surface area contributed by atoms with Crippen LogP contribution in [0.25, 0.3) is 0 Å². The fraction of sp³-hybridized carbons (Fsp3) is 0.611. The molecule has 116 valence electrons. The second-order valence-electron chi connectivity index (χ2n) is 6.62. The maximum Gasteiger partial charge on any atom is 0.223 e. The van der Waals surface area contributed by atoms with Crippen LogP contribution in [0.5, 0.6) is 0 Å². The van der Waals surface area contributed by atoms with Gasteiger partial charge in [-0.05, 0) is 23.0 Å². The third-order valence-corrected chi connectivity index (χ3v) is 3.98. The molecule has 1 saturated heterocycles. The lowest BCUT2D eigenvalue weighted by atomic mass is 9.99. The Kier molecular flexibility index (Phi) is 5.40. The molecule has 0 spiro atoms. The molecule has 1 aromatic rings. The molecule has 0 N–H and O–H groups in total. The van der Waals surface area contributed by atoms with Crippen LogP contribution in [0.4, 0.5) is 0 Å². The van der Waals surface area contributed by atoms with Crippen LogP contribution in [0.2, 0.25) is 0 Å². The van der Waals surface area contributed by atoms with Gasteiger partial charge in [-0.1, -0.05) is 52.0 Å². The van der Waals surface area contributed by atoms with Gasteiger partial charge in [0, 0.05) is 13.0 Å². The second-order valence-corrected chi connectivity index (χ2v) is 6.62. The van der Waals surface area contributed by atoms with Gasteiger partial charge in [0.2, 0.25) is 5.91 Å². The van der Waals surface area contributed by atoms with Crippen molar-refractivity contribution in [3.63, 3.8) is 0 Å². The van der Waals surface area contributed by atoms with E-state index in [0.717, 1.165) is 0 Å². The van der Waals surface area contributed by atoms with E-state index in [-0.39, 0.29) is 12.0 Å². The van der Waals surface area contributed by atoms with Crippen LogP contribution in [-0.4, -0.2) is 30.5 Å². The van der Waals surface area contributed by atoms with Gasteiger partial charge in [0.1, 0.15) is 6.10 Å². The Labute approximate surface area is 128 Å². The first-order valence-electron chi connectivity index (χ1n) is 7.96. The molecule has 3 heteroatoms. The van der Waals surface area contributed by atoms with Crippen LogP contribution >= 0.6 is 0 Å². The Hall–Kier alpha value is -1.35. The highest BCUT2D eigenvalue weighted by Crippen LogP contribution is 2.25. The normalized spacial score (nSPS) is 19.3. The van der Waals surface area contributed by atoms with Crippen molar-refractivity contribution in [2.45, 2.75) is 46.1 Å². The van der Waals surface area contributed by atoms with Crippen LogP contribution in [0.15, 0.2) is 24.3 Å². The van der Waals surface area contributed by atoms with Crippen LogP contribution < -0.4 is 0 Å². The molecule has 0 bridgehead atoms. The molecule has 0 aromatic heterocycles. The Morgan fingerprint density at radius 2 is 1.90 bits per heavy atom. The number of carbonyl (C=O) groups is 1. The lowest BCUT2D eigenvalue weighted by Gasteiger charge is -2.33.